The number of carbonyl (C=O) groups is 1. The normalized spacial score (nSPS) is 12.3. The van der Waals surface area contributed by atoms with E-state index in [0.717, 1.165) is 0 Å². The van der Waals surface area contributed by atoms with Crippen LogP contribution in [-0.4, -0.2) is 27.3 Å². The number of halogens is 2. The molecule has 2 aromatic rings. The maximum atomic E-state index is 12.0. The number of rotatable bonds is 6. The summed E-state index contributed by atoms with van der Waals surface area (Å²) in [5.74, 6) is 0.823. The Morgan fingerprint density at radius 1 is 1.35 bits per heavy atom. The Labute approximate surface area is 144 Å². The molecule has 1 N–H and O–H groups in total. The van der Waals surface area contributed by atoms with Gasteiger partial charge in [-0.3, -0.25) is 4.79 Å². The third-order valence-electron chi connectivity index (χ3n) is 3.17. The Hall–Kier alpha value is -1.79. The molecule has 0 saturated carbocycles. The molecule has 0 fully saturated rings. The lowest BCUT2D eigenvalue weighted by Crippen LogP contribution is -2.32. The summed E-state index contributed by atoms with van der Waals surface area (Å²) in [7, 11) is 0. The molecule has 0 aliphatic rings. The maximum absolute atomic E-state index is 12.0. The van der Waals surface area contributed by atoms with Gasteiger partial charge in [-0.2, -0.15) is 0 Å². The maximum Gasteiger partial charge on any atom is 0.258 e. The number of hydrogen-bond acceptors (Lipinski definition) is 4. The number of carbonyl (C=O) groups excluding carboxylic acids is 1. The molecule has 0 aliphatic carbocycles. The standard InChI is InChI=1S/C15H18Cl2N4O2/c1-9(2)21-8-18-20-15(21)10(3)19-14(22)7-23-13-5-4-11(16)6-12(13)17/h4-6,8-10H,7H2,1-3H3,(H,19,22)/t10-/m0/s1. The topological polar surface area (TPSA) is 69.0 Å². The Bertz CT molecular complexity index is 688. The summed E-state index contributed by atoms with van der Waals surface area (Å²) in [4.78, 5) is 12.0. The van der Waals surface area contributed by atoms with E-state index in [-0.39, 0.29) is 24.6 Å². The third kappa shape index (κ3) is 4.59. The van der Waals surface area contributed by atoms with Crippen molar-refractivity contribution in [1.82, 2.24) is 20.1 Å². The summed E-state index contributed by atoms with van der Waals surface area (Å²) in [6.07, 6.45) is 1.65. The minimum Gasteiger partial charge on any atom is -0.482 e. The summed E-state index contributed by atoms with van der Waals surface area (Å²) < 4.78 is 7.31. The lowest BCUT2D eigenvalue weighted by molar-refractivity contribution is -0.123. The Morgan fingerprint density at radius 3 is 2.74 bits per heavy atom. The minimum atomic E-state index is -0.281. The van der Waals surface area contributed by atoms with Gasteiger partial charge in [0.2, 0.25) is 0 Å². The van der Waals surface area contributed by atoms with E-state index in [4.69, 9.17) is 27.9 Å². The first-order valence-corrected chi connectivity index (χ1v) is 7.90. The van der Waals surface area contributed by atoms with Crippen molar-refractivity contribution in [3.8, 4) is 5.75 Å². The van der Waals surface area contributed by atoms with Crippen LogP contribution in [0.3, 0.4) is 0 Å². The van der Waals surface area contributed by atoms with Crippen LogP contribution in [0.1, 0.15) is 38.7 Å². The number of hydrogen-bond donors (Lipinski definition) is 1. The monoisotopic (exact) mass is 356 g/mol. The zero-order valence-electron chi connectivity index (χ0n) is 13.1. The summed E-state index contributed by atoms with van der Waals surface area (Å²) in [5, 5.41) is 11.6. The van der Waals surface area contributed by atoms with Gasteiger partial charge in [-0.25, -0.2) is 0 Å². The highest BCUT2D eigenvalue weighted by Gasteiger charge is 2.17. The van der Waals surface area contributed by atoms with E-state index in [0.29, 0.717) is 21.6 Å². The van der Waals surface area contributed by atoms with Gasteiger partial charge in [-0.15, -0.1) is 10.2 Å². The first kappa shape index (κ1) is 17.6. The average molecular weight is 357 g/mol. The largest absolute Gasteiger partial charge is 0.482 e. The van der Waals surface area contributed by atoms with Crippen molar-refractivity contribution >= 4 is 29.1 Å². The van der Waals surface area contributed by atoms with Gasteiger partial charge < -0.3 is 14.6 Å². The third-order valence-corrected chi connectivity index (χ3v) is 3.71. The van der Waals surface area contributed by atoms with Crippen molar-refractivity contribution in [3.63, 3.8) is 0 Å². The first-order valence-electron chi connectivity index (χ1n) is 7.15. The number of aromatic nitrogens is 3. The Kier molecular flexibility index (Phi) is 5.85. The van der Waals surface area contributed by atoms with Crippen molar-refractivity contribution < 1.29 is 9.53 Å². The number of benzene rings is 1. The highest BCUT2D eigenvalue weighted by Crippen LogP contribution is 2.27. The summed E-state index contributed by atoms with van der Waals surface area (Å²) in [5.41, 5.74) is 0. The van der Waals surface area contributed by atoms with Gasteiger partial charge in [0.1, 0.15) is 12.1 Å². The van der Waals surface area contributed by atoms with E-state index >= 15 is 0 Å². The fourth-order valence-corrected chi connectivity index (χ4v) is 2.51. The highest BCUT2D eigenvalue weighted by atomic mass is 35.5. The van der Waals surface area contributed by atoms with Gasteiger partial charge in [0.25, 0.3) is 5.91 Å². The van der Waals surface area contributed by atoms with Crippen LogP contribution in [0.5, 0.6) is 5.75 Å². The average Bonchev–Trinajstić information content (AvgIpc) is 2.96. The van der Waals surface area contributed by atoms with E-state index in [2.05, 4.69) is 15.5 Å². The molecule has 1 heterocycles. The van der Waals surface area contributed by atoms with Gasteiger partial charge in [0.05, 0.1) is 11.1 Å². The molecule has 0 bridgehead atoms. The highest BCUT2D eigenvalue weighted by molar-refractivity contribution is 6.35. The SMILES string of the molecule is CC(C)n1cnnc1[C@H](C)NC(=O)COc1ccc(Cl)cc1Cl. The quantitative estimate of drug-likeness (QED) is 0.860. The molecule has 1 amide bonds. The van der Waals surface area contributed by atoms with Gasteiger partial charge in [0, 0.05) is 11.1 Å². The number of nitrogens with one attached hydrogen (secondary N) is 1. The van der Waals surface area contributed by atoms with Crippen LogP contribution < -0.4 is 10.1 Å². The molecule has 23 heavy (non-hydrogen) atoms. The van der Waals surface area contributed by atoms with Crippen LogP contribution in [0.2, 0.25) is 10.0 Å². The second-order valence-electron chi connectivity index (χ2n) is 5.34. The van der Waals surface area contributed by atoms with Crippen molar-refractivity contribution in [3.05, 3.63) is 40.4 Å². The van der Waals surface area contributed by atoms with E-state index in [1.807, 2.05) is 25.3 Å². The summed E-state index contributed by atoms with van der Waals surface area (Å²) in [6.45, 7) is 5.73. The fraction of sp³-hybridized carbons (Fsp3) is 0.400. The van der Waals surface area contributed by atoms with Gasteiger partial charge in [-0.1, -0.05) is 23.2 Å². The van der Waals surface area contributed by atoms with Gasteiger partial charge in [0.15, 0.2) is 12.4 Å². The van der Waals surface area contributed by atoms with E-state index in [1.54, 1.807) is 24.5 Å². The second kappa shape index (κ2) is 7.66. The lowest BCUT2D eigenvalue weighted by atomic mass is 10.3. The molecule has 8 heteroatoms. The molecule has 0 saturated heterocycles. The molecule has 124 valence electrons. The van der Waals surface area contributed by atoms with Crippen LogP contribution in [-0.2, 0) is 4.79 Å². The van der Waals surface area contributed by atoms with Crippen LogP contribution in [0, 0.1) is 0 Å². The van der Waals surface area contributed by atoms with Crippen molar-refractivity contribution in [1.29, 1.82) is 0 Å². The summed E-state index contributed by atoms with van der Waals surface area (Å²) in [6, 6.07) is 4.76. The van der Waals surface area contributed by atoms with Crippen LogP contribution in [0.25, 0.3) is 0 Å². The molecule has 6 nitrogen and oxygen atoms in total. The minimum absolute atomic E-state index is 0.151. The molecule has 1 aromatic heterocycles. The molecule has 0 unspecified atom stereocenters. The first-order chi connectivity index (χ1) is 10.9. The van der Waals surface area contributed by atoms with Crippen LogP contribution >= 0.6 is 23.2 Å². The zero-order valence-corrected chi connectivity index (χ0v) is 14.6. The molecular formula is C15H18Cl2N4O2. The molecule has 0 aliphatic heterocycles. The number of nitrogens with zero attached hydrogens (tertiary/aromatic N) is 3. The summed E-state index contributed by atoms with van der Waals surface area (Å²) >= 11 is 11.8. The van der Waals surface area contributed by atoms with E-state index < -0.39 is 0 Å². The molecule has 2 rings (SSSR count). The lowest BCUT2D eigenvalue weighted by Gasteiger charge is -2.17. The van der Waals surface area contributed by atoms with Gasteiger partial charge >= 0.3 is 0 Å². The predicted octanol–water partition coefficient (Wildman–Crippen LogP) is 3.42. The van der Waals surface area contributed by atoms with Crippen molar-refractivity contribution in [2.24, 2.45) is 0 Å². The Balaban J connectivity index is 1.93. The molecule has 0 spiro atoms. The van der Waals surface area contributed by atoms with E-state index in [9.17, 15) is 4.79 Å². The fourth-order valence-electron chi connectivity index (χ4n) is 2.04. The number of amides is 1. The molecule has 1 atom stereocenters. The molecular weight excluding hydrogens is 339 g/mol. The Morgan fingerprint density at radius 2 is 2.09 bits per heavy atom. The molecule has 1 aromatic carbocycles. The van der Waals surface area contributed by atoms with Crippen molar-refractivity contribution in [2.45, 2.75) is 32.9 Å². The smallest absolute Gasteiger partial charge is 0.258 e. The zero-order chi connectivity index (χ0) is 17.0. The number of ether oxygens (including phenoxy) is 1. The molecule has 0 radical (unpaired) electrons. The second-order valence-corrected chi connectivity index (χ2v) is 6.19. The van der Waals surface area contributed by atoms with E-state index in [1.165, 1.54) is 0 Å². The van der Waals surface area contributed by atoms with Crippen LogP contribution in [0.15, 0.2) is 24.5 Å². The van der Waals surface area contributed by atoms with Crippen LogP contribution in [0.4, 0.5) is 0 Å². The van der Waals surface area contributed by atoms with Crippen molar-refractivity contribution in [2.75, 3.05) is 6.61 Å². The predicted molar refractivity (Wildman–Crippen MR) is 88.9 cm³/mol. The van der Waals surface area contributed by atoms with Gasteiger partial charge in [-0.05, 0) is 39.0 Å².